The molecule has 0 spiro atoms. The number of hydrogen-bond donors (Lipinski definition) is 2. The monoisotopic (exact) mass is 397 g/mol. The van der Waals surface area contributed by atoms with E-state index in [9.17, 15) is 0 Å². The number of nitrogens with one attached hydrogen (secondary N) is 2. The molecule has 2 heterocycles. The molecule has 0 bridgehead atoms. The molecule has 0 aliphatic carbocycles. The lowest BCUT2D eigenvalue weighted by Gasteiger charge is -2.12. The molecule has 8 heteroatoms. The van der Waals surface area contributed by atoms with Gasteiger partial charge in [-0.1, -0.05) is 35.1 Å². The fourth-order valence-electron chi connectivity index (χ4n) is 2.36. The van der Waals surface area contributed by atoms with E-state index in [1.807, 2.05) is 22.9 Å². The molecule has 1 atom stereocenters. The highest BCUT2D eigenvalue weighted by atomic mass is 35.5. The van der Waals surface area contributed by atoms with Crippen LogP contribution in [0.5, 0.6) is 0 Å². The molecule has 1 unspecified atom stereocenters. The minimum atomic E-state index is 0.723. The van der Waals surface area contributed by atoms with E-state index in [-0.39, 0.29) is 0 Å². The Hall–Kier alpha value is -1.25. The number of rotatable bonds is 6. The van der Waals surface area contributed by atoms with Crippen LogP contribution in [0.1, 0.15) is 10.4 Å². The first-order valence-electron chi connectivity index (χ1n) is 7.47. The maximum absolute atomic E-state index is 5.99. The van der Waals surface area contributed by atoms with Gasteiger partial charge in [-0.3, -0.25) is 0 Å². The Morgan fingerprint density at radius 1 is 1.29 bits per heavy atom. The van der Waals surface area contributed by atoms with Gasteiger partial charge in [0.2, 0.25) is 5.13 Å². The minimum Gasteiger partial charge on any atom is -0.330 e. The average molecular weight is 398 g/mol. The number of anilines is 2. The van der Waals surface area contributed by atoms with E-state index < -0.39 is 0 Å². The lowest BCUT2D eigenvalue weighted by Crippen LogP contribution is -3.06. The van der Waals surface area contributed by atoms with Crippen LogP contribution in [0.3, 0.4) is 0 Å². The molecule has 0 radical (unpaired) electrons. The number of hydrogen-bond acceptors (Lipinski definition) is 5. The Labute approximate surface area is 159 Å². The molecule has 2 aromatic heterocycles. The molecule has 0 fully saturated rings. The van der Waals surface area contributed by atoms with Gasteiger partial charge < -0.3 is 10.2 Å². The van der Waals surface area contributed by atoms with Gasteiger partial charge in [-0.05, 0) is 49.0 Å². The van der Waals surface area contributed by atoms with E-state index in [2.05, 4.69) is 42.6 Å². The van der Waals surface area contributed by atoms with Crippen molar-refractivity contribution in [2.45, 2.75) is 20.1 Å². The van der Waals surface area contributed by atoms with Crippen molar-refractivity contribution >= 4 is 57.3 Å². The normalized spacial score (nSPS) is 12.3. The summed E-state index contributed by atoms with van der Waals surface area (Å²) in [5, 5.41) is 8.74. The summed E-state index contributed by atoms with van der Waals surface area (Å²) < 4.78 is 3.48. The van der Waals surface area contributed by atoms with Crippen LogP contribution in [-0.2, 0) is 13.2 Å². The van der Waals surface area contributed by atoms with Crippen LogP contribution in [0.4, 0.5) is 10.8 Å². The zero-order valence-corrected chi connectivity index (χ0v) is 16.6. The molecule has 0 amide bonds. The predicted molar refractivity (Wildman–Crippen MR) is 105 cm³/mol. The Balaban J connectivity index is 1.66. The molecule has 2 N–H and O–H groups in total. The minimum absolute atomic E-state index is 0.723. The van der Waals surface area contributed by atoms with Gasteiger partial charge in [0, 0.05) is 5.69 Å². The van der Waals surface area contributed by atoms with Gasteiger partial charge in [-0.15, -0.1) is 16.4 Å². The standard InChI is InChI=1S/C16H17ClN4S3/c1-11-4-3-5-12(8-11)18-15-19-21(16(22)24-15)10-20(2)9-13-6-7-14(17)23-13/h3-8H,9-10H2,1-2H3,(H,18,19)/p+1. The highest BCUT2D eigenvalue weighted by Gasteiger charge is 2.11. The lowest BCUT2D eigenvalue weighted by molar-refractivity contribution is -0.917. The maximum Gasteiger partial charge on any atom is 0.209 e. The number of aryl methyl sites for hydroxylation is 1. The van der Waals surface area contributed by atoms with E-state index >= 15 is 0 Å². The number of thiophene rings is 1. The van der Waals surface area contributed by atoms with E-state index in [4.69, 9.17) is 23.8 Å². The first-order chi connectivity index (χ1) is 11.5. The van der Waals surface area contributed by atoms with Crippen LogP contribution < -0.4 is 10.2 Å². The summed E-state index contributed by atoms with van der Waals surface area (Å²) in [6, 6.07) is 12.2. The third-order valence-electron chi connectivity index (χ3n) is 3.40. The van der Waals surface area contributed by atoms with E-state index in [0.717, 1.165) is 32.3 Å². The molecule has 3 rings (SSSR count). The summed E-state index contributed by atoms with van der Waals surface area (Å²) in [5.74, 6) is 0. The van der Waals surface area contributed by atoms with Gasteiger partial charge in [-0.2, -0.15) is 4.68 Å². The van der Waals surface area contributed by atoms with Gasteiger partial charge in [0.15, 0.2) is 10.6 Å². The van der Waals surface area contributed by atoms with Crippen LogP contribution in [0.2, 0.25) is 4.34 Å². The Bertz CT molecular complexity index is 883. The largest absolute Gasteiger partial charge is 0.330 e. The summed E-state index contributed by atoms with van der Waals surface area (Å²) in [6.45, 7) is 3.69. The van der Waals surface area contributed by atoms with Crippen molar-refractivity contribution in [1.82, 2.24) is 9.78 Å². The summed E-state index contributed by atoms with van der Waals surface area (Å²) >= 11 is 14.5. The first kappa shape index (κ1) is 17.6. The average Bonchev–Trinajstić information content (AvgIpc) is 3.05. The molecule has 0 aliphatic rings. The maximum atomic E-state index is 5.99. The first-order valence-corrected chi connectivity index (χ1v) is 9.88. The molecule has 0 aliphatic heterocycles. The molecule has 126 valence electrons. The van der Waals surface area contributed by atoms with Gasteiger partial charge in [0.25, 0.3) is 0 Å². The van der Waals surface area contributed by atoms with Gasteiger partial charge >= 0.3 is 0 Å². The van der Waals surface area contributed by atoms with Crippen LogP contribution in [0.15, 0.2) is 36.4 Å². The molecule has 24 heavy (non-hydrogen) atoms. The molecule has 1 aromatic carbocycles. The van der Waals surface area contributed by atoms with Crippen molar-refractivity contribution in [3.05, 3.63) is 55.1 Å². The van der Waals surface area contributed by atoms with E-state index in [1.165, 1.54) is 26.7 Å². The molecular formula is C16H18ClN4S3+. The number of nitrogens with zero attached hydrogens (tertiary/aromatic N) is 2. The zero-order chi connectivity index (χ0) is 17.1. The van der Waals surface area contributed by atoms with Crippen LogP contribution >= 0.6 is 46.5 Å². The molecule has 3 aromatic rings. The molecular weight excluding hydrogens is 380 g/mol. The van der Waals surface area contributed by atoms with Crippen LogP contribution in [-0.4, -0.2) is 16.8 Å². The Morgan fingerprint density at radius 3 is 2.83 bits per heavy atom. The fourth-order valence-corrected chi connectivity index (χ4v) is 4.59. The lowest BCUT2D eigenvalue weighted by atomic mass is 10.2. The van der Waals surface area contributed by atoms with Crippen molar-refractivity contribution in [3.63, 3.8) is 0 Å². The second-order valence-corrected chi connectivity index (χ2v) is 9.09. The topological polar surface area (TPSA) is 34.3 Å². The molecule has 4 nitrogen and oxygen atoms in total. The van der Waals surface area contributed by atoms with Gasteiger partial charge in [0.05, 0.1) is 16.3 Å². The fraction of sp³-hybridized carbons (Fsp3) is 0.250. The van der Waals surface area contributed by atoms with Gasteiger partial charge in [0.1, 0.15) is 6.54 Å². The Morgan fingerprint density at radius 2 is 2.12 bits per heavy atom. The van der Waals surface area contributed by atoms with Crippen molar-refractivity contribution in [2.24, 2.45) is 0 Å². The summed E-state index contributed by atoms with van der Waals surface area (Å²) in [5.41, 5.74) is 2.24. The number of quaternary nitrogens is 1. The number of benzene rings is 1. The summed E-state index contributed by atoms with van der Waals surface area (Å²) in [6.07, 6.45) is 0. The van der Waals surface area contributed by atoms with E-state index in [1.54, 1.807) is 11.3 Å². The predicted octanol–water partition coefficient (Wildman–Crippen LogP) is 4.11. The third kappa shape index (κ3) is 4.64. The van der Waals surface area contributed by atoms with E-state index in [0.29, 0.717) is 0 Å². The number of halogens is 1. The van der Waals surface area contributed by atoms with Crippen molar-refractivity contribution in [3.8, 4) is 0 Å². The smallest absolute Gasteiger partial charge is 0.209 e. The highest BCUT2D eigenvalue weighted by molar-refractivity contribution is 7.73. The SMILES string of the molecule is Cc1cccc(Nc2nn(C[NH+](C)Cc3ccc(Cl)s3)c(=S)s2)c1. The van der Waals surface area contributed by atoms with Crippen LogP contribution in [0, 0.1) is 10.9 Å². The summed E-state index contributed by atoms with van der Waals surface area (Å²) in [4.78, 5) is 2.56. The van der Waals surface area contributed by atoms with Gasteiger partial charge in [-0.25, -0.2) is 0 Å². The second-order valence-electron chi connectivity index (χ2n) is 5.66. The molecule has 0 saturated heterocycles. The Kier molecular flexibility index (Phi) is 5.68. The second kappa shape index (κ2) is 7.76. The third-order valence-corrected chi connectivity index (χ3v) is 5.85. The quantitative estimate of drug-likeness (QED) is 0.614. The number of aromatic nitrogens is 2. The van der Waals surface area contributed by atoms with Crippen LogP contribution in [0.25, 0.3) is 0 Å². The van der Waals surface area contributed by atoms with Crippen molar-refractivity contribution < 1.29 is 4.90 Å². The van der Waals surface area contributed by atoms with Crippen molar-refractivity contribution in [2.75, 3.05) is 12.4 Å². The highest BCUT2D eigenvalue weighted by Crippen LogP contribution is 2.21. The molecule has 0 saturated carbocycles. The summed E-state index contributed by atoms with van der Waals surface area (Å²) in [7, 11) is 2.13. The zero-order valence-electron chi connectivity index (χ0n) is 13.4. The van der Waals surface area contributed by atoms with Crippen molar-refractivity contribution in [1.29, 1.82) is 0 Å².